The standard InChI is InChI=1S/C15H21N5O/c1-2-17-13-5-7-18-14(11-13)15(21)19-6-3-4-9-20-10-8-16-12-20/h5,7-8,10-12H,2-4,6,9H2,1H3,(H,17,18)(H,19,21). The molecule has 0 aliphatic rings. The van der Waals surface area contributed by atoms with Crippen LogP contribution in [0.25, 0.3) is 0 Å². The van der Waals surface area contributed by atoms with Crippen LogP contribution >= 0.6 is 0 Å². The molecule has 6 nitrogen and oxygen atoms in total. The van der Waals surface area contributed by atoms with Crippen LogP contribution < -0.4 is 10.6 Å². The molecule has 0 saturated carbocycles. The fourth-order valence-electron chi connectivity index (χ4n) is 2.00. The number of aromatic nitrogens is 3. The Kier molecular flexibility index (Phi) is 5.75. The topological polar surface area (TPSA) is 71.8 Å². The zero-order valence-corrected chi connectivity index (χ0v) is 12.2. The van der Waals surface area contributed by atoms with E-state index in [-0.39, 0.29) is 5.91 Å². The van der Waals surface area contributed by atoms with Gasteiger partial charge >= 0.3 is 0 Å². The molecule has 0 fully saturated rings. The Labute approximate surface area is 124 Å². The van der Waals surface area contributed by atoms with Gasteiger partial charge in [0.25, 0.3) is 5.91 Å². The molecule has 0 saturated heterocycles. The van der Waals surface area contributed by atoms with Crippen molar-refractivity contribution in [3.05, 3.63) is 42.7 Å². The lowest BCUT2D eigenvalue weighted by Gasteiger charge is -2.07. The molecule has 2 aromatic rings. The molecule has 0 unspecified atom stereocenters. The van der Waals surface area contributed by atoms with E-state index in [1.165, 1.54) is 0 Å². The van der Waals surface area contributed by atoms with Crippen molar-refractivity contribution in [3.8, 4) is 0 Å². The number of nitrogens with zero attached hydrogens (tertiary/aromatic N) is 3. The fourth-order valence-corrected chi connectivity index (χ4v) is 2.00. The molecule has 112 valence electrons. The minimum atomic E-state index is -0.127. The van der Waals surface area contributed by atoms with Gasteiger partial charge < -0.3 is 15.2 Å². The smallest absolute Gasteiger partial charge is 0.269 e. The Morgan fingerprint density at radius 3 is 3.00 bits per heavy atom. The zero-order chi connectivity index (χ0) is 14.9. The van der Waals surface area contributed by atoms with Crippen molar-refractivity contribution in [2.24, 2.45) is 0 Å². The number of carbonyl (C=O) groups is 1. The van der Waals surface area contributed by atoms with Gasteiger partial charge in [0.05, 0.1) is 6.33 Å². The van der Waals surface area contributed by atoms with Crippen LogP contribution in [0.2, 0.25) is 0 Å². The Balaban J connectivity index is 1.70. The molecule has 0 atom stereocenters. The second-order valence-corrected chi connectivity index (χ2v) is 4.72. The van der Waals surface area contributed by atoms with Crippen LogP contribution in [-0.2, 0) is 6.54 Å². The maximum absolute atomic E-state index is 12.0. The Morgan fingerprint density at radius 1 is 1.33 bits per heavy atom. The van der Waals surface area contributed by atoms with E-state index in [2.05, 4.69) is 20.6 Å². The third-order valence-corrected chi connectivity index (χ3v) is 3.06. The molecule has 1 amide bonds. The highest BCUT2D eigenvalue weighted by Gasteiger charge is 2.06. The normalized spacial score (nSPS) is 10.3. The first-order valence-corrected chi connectivity index (χ1v) is 7.23. The number of hydrogen-bond donors (Lipinski definition) is 2. The van der Waals surface area contributed by atoms with Gasteiger partial charge in [-0.25, -0.2) is 4.98 Å². The number of imidazole rings is 1. The summed E-state index contributed by atoms with van der Waals surface area (Å²) in [6, 6.07) is 3.62. The van der Waals surface area contributed by atoms with Crippen molar-refractivity contribution in [2.45, 2.75) is 26.3 Å². The highest BCUT2D eigenvalue weighted by Crippen LogP contribution is 2.07. The number of rotatable bonds is 8. The molecular formula is C15H21N5O. The summed E-state index contributed by atoms with van der Waals surface area (Å²) in [5.41, 5.74) is 1.36. The number of anilines is 1. The summed E-state index contributed by atoms with van der Waals surface area (Å²) in [7, 11) is 0. The summed E-state index contributed by atoms with van der Waals surface area (Å²) < 4.78 is 2.03. The van der Waals surface area contributed by atoms with Crippen molar-refractivity contribution in [2.75, 3.05) is 18.4 Å². The van der Waals surface area contributed by atoms with Crippen molar-refractivity contribution in [1.82, 2.24) is 19.9 Å². The quantitative estimate of drug-likeness (QED) is 0.728. The number of carbonyl (C=O) groups excluding carboxylic acids is 1. The monoisotopic (exact) mass is 287 g/mol. The molecule has 2 aromatic heterocycles. The van der Waals surface area contributed by atoms with Gasteiger partial charge in [-0.05, 0) is 31.9 Å². The second kappa shape index (κ2) is 8.04. The van der Waals surface area contributed by atoms with Gasteiger partial charge in [0.15, 0.2) is 0 Å². The third kappa shape index (κ3) is 4.91. The molecule has 6 heteroatoms. The summed E-state index contributed by atoms with van der Waals surface area (Å²) in [5, 5.41) is 6.06. The van der Waals surface area contributed by atoms with Crippen molar-refractivity contribution >= 4 is 11.6 Å². The number of aryl methyl sites for hydroxylation is 1. The van der Waals surface area contributed by atoms with Crippen LogP contribution in [0, 0.1) is 0 Å². The molecule has 2 N–H and O–H groups in total. The van der Waals surface area contributed by atoms with Gasteiger partial charge in [-0.2, -0.15) is 0 Å². The average Bonchev–Trinajstić information content (AvgIpc) is 3.01. The number of nitrogens with one attached hydrogen (secondary N) is 2. The van der Waals surface area contributed by atoms with E-state index in [0.717, 1.165) is 31.6 Å². The summed E-state index contributed by atoms with van der Waals surface area (Å²) in [4.78, 5) is 20.1. The van der Waals surface area contributed by atoms with Crippen LogP contribution in [0.4, 0.5) is 5.69 Å². The third-order valence-electron chi connectivity index (χ3n) is 3.06. The number of hydrogen-bond acceptors (Lipinski definition) is 4. The van der Waals surface area contributed by atoms with Gasteiger partial charge in [-0.1, -0.05) is 0 Å². The van der Waals surface area contributed by atoms with E-state index < -0.39 is 0 Å². The molecule has 0 bridgehead atoms. The van der Waals surface area contributed by atoms with Crippen LogP contribution in [0.3, 0.4) is 0 Å². The summed E-state index contributed by atoms with van der Waals surface area (Å²) in [5.74, 6) is -0.127. The molecular weight excluding hydrogens is 266 g/mol. The van der Waals surface area contributed by atoms with Crippen LogP contribution in [-0.4, -0.2) is 33.5 Å². The van der Waals surface area contributed by atoms with E-state index in [4.69, 9.17) is 0 Å². The predicted octanol–water partition coefficient (Wildman–Crippen LogP) is 1.92. The lowest BCUT2D eigenvalue weighted by atomic mass is 10.2. The first kappa shape index (κ1) is 15.0. The lowest BCUT2D eigenvalue weighted by molar-refractivity contribution is 0.0948. The number of unbranched alkanes of at least 4 members (excludes halogenated alkanes) is 1. The molecule has 2 heterocycles. The minimum Gasteiger partial charge on any atom is -0.385 e. The highest BCUT2D eigenvalue weighted by atomic mass is 16.1. The average molecular weight is 287 g/mol. The lowest BCUT2D eigenvalue weighted by Crippen LogP contribution is -2.25. The van der Waals surface area contributed by atoms with Crippen molar-refractivity contribution in [3.63, 3.8) is 0 Å². The van der Waals surface area contributed by atoms with Crippen molar-refractivity contribution < 1.29 is 4.79 Å². The van der Waals surface area contributed by atoms with Gasteiger partial charge in [0, 0.05) is 43.9 Å². The van der Waals surface area contributed by atoms with Crippen LogP contribution in [0.5, 0.6) is 0 Å². The molecule has 21 heavy (non-hydrogen) atoms. The van der Waals surface area contributed by atoms with Gasteiger partial charge in [0.1, 0.15) is 5.69 Å². The van der Waals surface area contributed by atoms with E-state index in [1.807, 2.05) is 23.8 Å². The molecule has 0 spiro atoms. The van der Waals surface area contributed by atoms with E-state index >= 15 is 0 Å². The maximum atomic E-state index is 12.0. The Bertz CT molecular complexity index is 553. The Hall–Kier alpha value is -2.37. The highest BCUT2D eigenvalue weighted by molar-refractivity contribution is 5.93. The summed E-state index contributed by atoms with van der Waals surface area (Å²) in [6.45, 7) is 4.41. The Morgan fingerprint density at radius 2 is 2.24 bits per heavy atom. The molecule has 0 aliphatic heterocycles. The van der Waals surface area contributed by atoms with Gasteiger partial charge in [0.2, 0.25) is 0 Å². The summed E-state index contributed by atoms with van der Waals surface area (Å²) in [6.07, 6.45) is 9.08. The molecule has 2 rings (SSSR count). The fraction of sp³-hybridized carbons (Fsp3) is 0.400. The second-order valence-electron chi connectivity index (χ2n) is 4.72. The first-order valence-electron chi connectivity index (χ1n) is 7.23. The minimum absolute atomic E-state index is 0.127. The molecule has 0 radical (unpaired) electrons. The number of pyridine rings is 1. The van der Waals surface area contributed by atoms with Crippen LogP contribution in [0.15, 0.2) is 37.1 Å². The first-order chi connectivity index (χ1) is 10.3. The summed E-state index contributed by atoms with van der Waals surface area (Å²) >= 11 is 0. The van der Waals surface area contributed by atoms with E-state index in [1.54, 1.807) is 24.8 Å². The van der Waals surface area contributed by atoms with E-state index in [0.29, 0.717) is 12.2 Å². The molecule has 0 aliphatic carbocycles. The largest absolute Gasteiger partial charge is 0.385 e. The van der Waals surface area contributed by atoms with Crippen LogP contribution in [0.1, 0.15) is 30.3 Å². The zero-order valence-electron chi connectivity index (χ0n) is 12.2. The number of amides is 1. The van der Waals surface area contributed by atoms with Gasteiger partial charge in [-0.15, -0.1) is 0 Å². The SMILES string of the molecule is CCNc1ccnc(C(=O)NCCCCn2ccnc2)c1. The predicted molar refractivity (Wildman–Crippen MR) is 82.2 cm³/mol. The van der Waals surface area contributed by atoms with Gasteiger partial charge in [-0.3, -0.25) is 9.78 Å². The maximum Gasteiger partial charge on any atom is 0.269 e. The van der Waals surface area contributed by atoms with Crippen molar-refractivity contribution in [1.29, 1.82) is 0 Å². The molecule has 0 aromatic carbocycles. The van der Waals surface area contributed by atoms with E-state index in [9.17, 15) is 4.79 Å².